The highest BCUT2D eigenvalue weighted by atomic mass is 16.5. The van der Waals surface area contributed by atoms with Gasteiger partial charge in [-0.25, -0.2) is 0 Å². The molecule has 144 valence electrons. The Bertz CT molecular complexity index is 682. The van der Waals surface area contributed by atoms with E-state index in [1.807, 2.05) is 6.08 Å². The van der Waals surface area contributed by atoms with E-state index in [2.05, 4.69) is 34.6 Å². The first-order chi connectivity index (χ1) is 12.1. The summed E-state index contributed by atoms with van der Waals surface area (Å²) in [5.41, 5.74) is 4.12. The molecule has 3 heteroatoms. The molecule has 0 aromatic rings. The van der Waals surface area contributed by atoms with Gasteiger partial charge >= 0.3 is 5.97 Å². The van der Waals surface area contributed by atoms with Crippen LogP contribution in [0.2, 0.25) is 0 Å². The minimum atomic E-state index is -0.277. The van der Waals surface area contributed by atoms with Gasteiger partial charge < -0.3 is 4.74 Å². The Morgan fingerprint density at radius 3 is 2.62 bits per heavy atom. The maximum absolute atomic E-state index is 12.4. The van der Waals surface area contributed by atoms with Crippen molar-refractivity contribution in [3.05, 3.63) is 22.8 Å². The molecule has 0 spiro atoms. The molecular weight excluding hydrogens is 324 g/mol. The summed E-state index contributed by atoms with van der Waals surface area (Å²) in [6.45, 7) is 12.3. The molecule has 1 unspecified atom stereocenters. The van der Waals surface area contributed by atoms with Crippen LogP contribution in [0.5, 0.6) is 0 Å². The molecular formula is C23H34O3. The molecule has 0 radical (unpaired) electrons. The molecule has 0 amide bonds. The predicted octanol–water partition coefficient (Wildman–Crippen LogP) is 5.40. The minimum absolute atomic E-state index is 0.0242. The van der Waals surface area contributed by atoms with Gasteiger partial charge in [-0.1, -0.05) is 39.7 Å². The third-order valence-electron chi connectivity index (χ3n) is 7.52. The third-order valence-corrected chi connectivity index (χ3v) is 7.52. The van der Waals surface area contributed by atoms with Crippen molar-refractivity contribution in [3.63, 3.8) is 0 Å². The van der Waals surface area contributed by atoms with Gasteiger partial charge in [-0.05, 0) is 68.1 Å². The minimum Gasteiger partial charge on any atom is -0.462 e. The highest BCUT2D eigenvalue weighted by molar-refractivity contribution is 5.97. The van der Waals surface area contributed by atoms with Crippen molar-refractivity contribution in [3.8, 4) is 0 Å². The van der Waals surface area contributed by atoms with Crippen LogP contribution in [0.15, 0.2) is 22.8 Å². The first-order valence-electron chi connectivity index (χ1n) is 10.2. The fourth-order valence-electron chi connectivity index (χ4n) is 5.80. The van der Waals surface area contributed by atoms with Crippen LogP contribution in [0.25, 0.3) is 0 Å². The zero-order valence-corrected chi connectivity index (χ0v) is 17.3. The fourth-order valence-corrected chi connectivity index (χ4v) is 5.80. The van der Waals surface area contributed by atoms with Crippen molar-refractivity contribution >= 4 is 11.8 Å². The molecule has 1 fully saturated rings. The van der Waals surface area contributed by atoms with Gasteiger partial charge in [0.25, 0.3) is 0 Å². The van der Waals surface area contributed by atoms with Crippen LogP contribution < -0.4 is 0 Å². The summed E-state index contributed by atoms with van der Waals surface area (Å²) < 4.78 is 5.65. The van der Waals surface area contributed by atoms with Gasteiger partial charge in [0.15, 0.2) is 5.78 Å². The third kappa shape index (κ3) is 3.08. The Labute approximate surface area is 158 Å². The second-order valence-corrected chi connectivity index (χ2v) is 9.52. The van der Waals surface area contributed by atoms with Gasteiger partial charge in [-0.3, -0.25) is 9.59 Å². The van der Waals surface area contributed by atoms with E-state index < -0.39 is 0 Å². The largest absolute Gasteiger partial charge is 0.462 e. The molecule has 0 aromatic heterocycles. The van der Waals surface area contributed by atoms with Crippen molar-refractivity contribution in [1.82, 2.24) is 0 Å². The van der Waals surface area contributed by atoms with E-state index in [1.54, 1.807) is 5.57 Å². The van der Waals surface area contributed by atoms with Crippen molar-refractivity contribution in [2.45, 2.75) is 86.2 Å². The number of esters is 1. The van der Waals surface area contributed by atoms with Gasteiger partial charge in [-0.2, -0.15) is 0 Å². The summed E-state index contributed by atoms with van der Waals surface area (Å²) in [6, 6.07) is 0. The molecule has 3 nitrogen and oxygen atoms in total. The van der Waals surface area contributed by atoms with Crippen LogP contribution in [-0.4, -0.2) is 17.9 Å². The molecule has 0 bridgehead atoms. The molecule has 0 aromatic carbocycles. The second kappa shape index (κ2) is 6.65. The van der Waals surface area contributed by atoms with Crippen LogP contribution in [-0.2, 0) is 14.3 Å². The first kappa shape index (κ1) is 19.4. The highest BCUT2D eigenvalue weighted by Gasteiger charge is 2.50. The van der Waals surface area contributed by atoms with Gasteiger partial charge in [0.05, 0.1) is 0 Å². The summed E-state index contributed by atoms with van der Waals surface area (Å²) in [4.78, 5) is 23.9. The summed E-state index contributed by atoms with van der Waals surface area (Å²) in [6.07, 6.45) is 8.12. The maximum Gasteiger partial charge on any atom is 0.302 e. The maximum atomic E-state index is 12.4. The van der Waals surface area contributed by atoms with Crippen molar-refractivity contribution < 1.29 is 14.3 Å². The predicted molar refractivity (Wildman–Crippen MR) is 104 cm³/mol. The van der Waals surface area contributed by atoms with Gasteiger partial charge in [0.1, 0.15) is 6.10 Å². The van der Waals surface area contributed by atoms with E-state index >= 15 is 0 Å². The zero-order chi connectivity index (χ0) is 19.3. The first-order valence-corrected chi connectivity index (χ1v) is 10.2. The van der Waals surface area contributed by atoms with E-state index in [-0.39, 0.29) is 28.7 Å². The quantitative estimate of drug-likeness (QED) is 0.635. The highest BCUT2D eigenvalue weighted by Crippen LogP contribution is 2.57. The van der Waals surface area contributed by atoms with Gasteiger partial charge in [0.2, 0.25) is 0 Å². The Morgan fingerprint density at radius 1 is 1.31 bits per heavy atom. The normalized spacial score (nSPS) is 34.5. The number of rotatable bonds is 3. The van der Waals surface area contributed by atoms with E-state index in [9.17, 15) is 9.59 Å². The summed E-state index contributed by atoms with van der Waals surface area (Å²) in [5.74, 6) is 1.19. The molecule has 0 heterocycles. The van der Waals surface area contributed by atoms with Crippen molar-refractivity contribution in [1.29, 1.82) is 0 Å². The molecule has 3 aliphatic rings. The molecule has 0 N–H and O–H groups in total. The topological polar surface area (TPSA) is 43.4 Å². The number of ketones is 1. The summed E-state index contributed by atoms with van der Waals surface area (Å²) in [5, 5.41) is 0. The lowest BCUT2D eigenvalue weighted by Crippen LogP contribution is -2.47. The number of hydrogen-bond acceptors (Lipinski definition) is 3. The SMILES string of the molecule is CC[C@H]1[C@@H]2CCC3=CC(=O)C(C)(C)CC3=C2CC[C@]1(C)C(C)OC(C)=O. The number of ether oxygens (including phenoxy) is 1. The standard InChI is InChI=1S/C23H34O3/c1-7-20-18-9-8-16-12-21(25)22(4,5)13-19(16)17(18)10-11-23(20,6)14(2)26-15(3)24/h12,14,18,20H,7-11,13H2,1-6H3/t14?,18-,20+,23-/m1/s1. The number of allylic oxidation sites excluding steroid dienone is 4. The van der Waals surface area contributed by atoms with E-state index in [4.69, 9.17) is 4.74 Å². The molecule has 1 saturated carbocycles. The average Bonchev–Trinajstić information content (AvgIpc) is 2.55. The van der Waals surface area contributed by atoms with Crippen molar-refractivity contribution in [2.24, 2.45) is 22.7 Å². The molecule has 0 aliphatic heterocycles. The van der Waals surface area contributed by atoms with Crippen LogP contribution in [0, 0.1) is 22.7 Å². The average molecular weight is 359 g/mol. The molecule has 0 saturated heterocycles. The lowest BCUT2D eigenvalue weighted by Gasteiger charge is -2.52. The lowest BCUT2D eigenvalue weighted by molar-refractivity contribution is -0.157. The Kier molecular flexibility index (Phi) is 4.96. The second-order valence-electron chi connectivity index (χ2n) is 9.52. The summed E-state index contributed by atoms with van der Waals surface area (Å²) in [7, 11) is 0. The van der Waals surface area contributed by atoms with Crippen molar-refractivity contribution in [2.75, 3.05) is 0 Å². The van der Waals surface area contributed by atoms with Crippen LogP contribution in [0.3, 0.4) is 0 Å². The number of hydrogen-bond donors (Lipinski definition) is 0. The van der Waals surface area contributed by atoms with Crippen LogP contribution in [0.1, 0.15) is 80.1 Å². The number of carbonyl (C=O) groups is 2. The molecule has 26 heavy (non-hydrogen) atoms. The van der Waals surface area contributed by atoms with E-state index in [0.717, 1.165) is 38.5 Å². The molecule has 3 aliphatic carbocycles. The Morgan fingerprint density at radius 2 is 2.00 bits per heavy atom. The van der Waals surface area contributed by atoms with Crippen LogP contribution >= 0.6 is 0 Å². The van der Waals surface area contributed by atoms with Gasteiger partial charge in [-0.15, -0.1) is 0 Å². The van der Waals surface area contributed by atoms with E-state index in [0.29, 0.717) is 11.8 Å². The number of carbonyl (C=O) groups excluding carboxylic acids is 2. The monoisotopic (exact) mass is 358 g/mol. The Balaban J connectivity index is 1.98. The Hall–Kier alpha value is -1.38. The molecule has 4 atom stereocenters. The lowest BCUT2D eigenvalue weighted by atomic mass is 9.53. The fraction of sp³-hybridized carbons (Fsp3) is 0.739. The van der Waals surface area contributed by atoms with Crippen LogP contribution in [0.4, 0.5) is 0 Å². The smallest absolute Gasteiger partial charge is 0.302 e. The van der Waals surface area contributed by atoms with E-state index in [1.165, 1.54) is 18.1 Å². The summed E-state index contributed by atoms with van der Waals surface area (Å²) >= 11 is 0. The molecule has 3 rings (SSSR count). The van der Waals surface area contributed by atoms with Gasteiger partial charge in [0, 0.05) is 17.8 Å². The zero-order valence-electron chi connectivity index (χ0n) is 17.3. The number of fused-ring (bicyclic) bond motifs is 2.